The zero-order valence-corrected chi connectivity index (χ0v) is 32.8. The number of anilines is 1. The largest absolute Gasteiger partial charge is 0.338 e. The van der Waals surface area contributed by atoms with Crippen molar-refractivity contribution < 1.29 is 24.0 Å². The second kappa shape index (κ2) is 16.7. The molecule has 288 valence electrons. The third kappa shape index (κ3) is 8.72. The van der Waals surface area contributed by atoms with Gasteiger partial charge in [0.2, 0.25) is 17.7 Å². The molecular formula is C38H48ClN9O5S. The molecule has 6 amide bonds. The minimum atomic E-state index is -0.968. The van der Waals surface area contributed by atoms with Crippen LogP contribution in [0.4, 0.5) is 10.5 Å². The lowest BCUT2D eigenvalue weighted by Gasteiger charge is -2.44. The third-order valence-electron chi connectivity index (χ3n) is 11.2. The van der Waals surface area contributed by atoms with Gasteiger partial charge >= 0.3 is 6.03 Å². The van der Waals surface area contributed by atoms with Crippen LogP contribution in [0.2, 0.25) is 5.02 Å². The highest BCUT2D eigenvalue weighted by Gasteiger charge is 2.54. The lowest BCUT2D eigenvalue weighted by molar-refractivity contribution is -0.134. The van der Waals surface area contributed by atoms with Crippen molar-refractivity contribution in [1.29, 1.82) is 5.26 Å². The number of urea groups is 1. The van der Waals surface area contributed by atoms with E-state index in [2.05, 4.69) is 44.2 Å². The van der Waals surface area contributed by atoms with Gasteiger partial charge in [0.05, 0.1) is 35.1 Å². The van der Waals surface area contributed by atoms with Gasteiger partial charge in [-0.3, -0.25) is 34.4 Å². The molecule has 4 aliphatic rings. The number of aromatic nitrogens is 2. The van der Waals surface area contributed by atoms with Crippen molar-refractivity contribution >= 4 is 58.9 Å². The maximum Gasteiger partial charge on any atom is 0.338 e. The Hall–Kier alpha value is -4.10. The number of pyridine rings is 2. The van der Waals surface area contributed by atoms with Crippen LogP contribution in [0.1, 0.15) is 96.4 Å². The molecule has 2 N–H and O–H groups in total. The number of rotatable bonds is 11. The van der Waals surface area contributed by atoms with Crippen LogP contribution in [0.3, 0.4) is 0 Å². The number of amides is 6. The Balaban J connectivity index is 0.916. The highest BCUT2D eigenvalue weighted by atomic mass is 35.5. The summed E-state index contributed by atoms with van der Waals surface area (Å²) in [5.41, 5.74) is 0.275. The summed E-state index contributed by atoms with van der Waals surface area (Å²) >= 11 is 7.13. The molecule has 14 nitrogen and oxygen atoms in total. The first-order valence-electron chi connectivity index (χ1n) is 18.7. The average Bonchev–Trinajstić information content (AvgIpc) is 3.29. The molecule has 2 aromatic rings. The number of imide groups is 2. The lowest BCUT2D eigenvalue weighted by Crippen LogP contribution is -2.58. The Morgan fingerprint density at radius 2 is 1.78 bits per heavy atom. The number of halogens is 1. The van der Waals surface area contributed by atoms with E-state index in [0.29, 0.717) is 28.6 Å². The molecule has 0 bridgehead atoms. The quantitative estimate of drug-likeness (QED) is 0.180. The number of carbonyl (C=O) groups is 5. The predicted octanol–water partition coefficient (Wildman–Crippen LogP) is 4.94. The molecule has 2 aromatic heterocycles. The minimum Gasteiger partial charge on any atom is -0.324 e. The molecule has 1 unspecified atom stereocenters. The SMILES string of the molecule is C[C@@H]1CN(CCCC2CCC(N3C(=O)N(Sc4cnc(C#N)c(Cl)c4)C(=O)C3(C)C)CC2)C[C@H](C)N1CC(=O)Nc1ccc(C2CCC(=O)NC2=O)nc1. The Morgan fingerprint density at radius 1 is 1.06 bits per heavy atom. The van der Waals surface area contributed by atoms with Gasteiger partial charge in [0.15, 0.2) is 5.69 Å². The zero-order chi connectivity index (χ0) is 38.7. The van der Waals surface area contributed by atoms with E-state index in [1.807, 2.05) is 6.07 Å². The van der Waals surface area contributed by atoms with Crippen LogP contribution in [0, 0.1) is 17.2 Å². The van der Waals surface area contributed by atoms with E-state index in [4.69, 9.17) is 16.9 Å². The molecule has 1 aliphatic carbocycles. The van der Waals surface area contributed by atoms with Crippen molar-refractivity contribution in [3.05, 3.63) is 47.0 Å². The van der Waals surface area contributed by atoms with Gasteiger partial charge in [-0.2, -0.15) is 9.57 Å². The van der Waals surface area contributed by atoms with E-state index in [9.17, 15) is 24.0 Å². The van der Waals surface area contributed by atoms with Crippen LogP contribution in [0.25, 0.3) is 0 Å². The van der Waals surface area contributed by atoms with Gasteiger partial charge in [-0.15, -0.1) is 0 Å². The average molecular weight is 778 g/mol. The van der Waals surface area contributed by atoms with E-state index in [-0.39, 0.29) is 71.5 Å². The standard InChI is InChI=1S/C38H48ClN9O5S/c1-23-20-45(21-24(2)46(23)22-34(50)43-26-9-13-31(41-18-26)29-12-14-33(49)44-35(29)51)15-5-6-25-7-10-27(11-8-25)47-37(53)48(36(52)38(47,3)4)54-28-16-30(39)32(17-40)42-19-28/h9,13,16,18-19,23-25,27,29H,5-8,10-12,14-15,20-22H2,1-4H3,(H,43,50)(H,44,49,51)/t23-,24+,25?,27?,29?. The summed E-state index contributed by atoms with van der Waals surface area (Å²) in [5, 5.41) is 14.6. The second-order valence-electron chi connectivity index (χ2n) is 15.5. The first-order chi connectivity index (χ1) is 25.7. The predicted molar refractivity (Wildman–Crippen MR) is 203 cm³/mol. The fourth-order valence-electron chi connectivity index (χ4n) is 8.41. The number of piperazine rings is 1. The second-order valence-corrected chi connectivity index (χ2v) is 16.9. The van der Waals surface area contributed by atoms with E-state index < -0.39 is 11.5 Å². The summed E-state index contributed by atoms with van der Waals surface area (Å²) in [6.45, 7) is 11.0. The van der Waals surface area contributed by atoms with Crippen molar-refractivity contribution in [1.82, 2.24) is 34.3 Å². The molecule has 0 spiro atoms. The van der Waals surface area contributed by atoms with Crippen LogP contribution in [0.15, 0.2) is 35.5 Å². The van der Waals surface area contributed by atoms with Crippen molar-refractivity contribution in [2.24, 2.45) is 5.92 Å². The Labute approximate surface area is 325 Å². The van der Waals surface area contributed by atoms with Crippen LogP contribution < -0.4 is 10.6 Å². The molecule has 54 heavy (non-hydrogen) atoms. The van der Waals surface area contributed by atoms with Crippen molar-refractivity contribution in [3.63, 3.8) is 0 Å². The number of hydrogen-bond acceptors (Lipinski definition) is 11. The van der Waals surface area contributed by atoms with E-state index in [1.165, 1.54) is 10.5 Å². The fourth-order valence-corrected chi connectivity index (χ4v) is 9.64. The summed E-state index contributed by atoms with van der Waals surface area (Å²) < 4.78 is 1.20. The number of nitrogens with zero attached hydrogens (tertiary/aromatic N) is 7. The summed E-state index contributed by atoms with van der Waals surface area (Å²) in [6, 6.07) is 7.02. The number of hydrogen-bond donors (Lipinski definition) is 2. The first-order valence-corrected chi connectivity index (χ1v) is 19.9. The molecule has 0 radical (unpaired) electrons. The molecule has 5 heterocycles. The number of nitriles is 1. The van der Waals surface area contributed by atoms with Crippen LogP contribution in [0.5, 0.6) is 0 Å². The minimum absolute atomic E-state index is 0.0126. The molecular weight excluding hydrogens is 730 g/mol. The van der Waals surface area contributed by atoms with Gasteiger partial charge in [-0.05, 0) is 103 Å². The lowest BCUT2D eigenvalue weighted by atomic mass is 9.81. The molecule has 6 rings (SSSR count). The van der Waals surface area contributed by atoms with Crippen LogP contribution in [-0.2, 0) is 19.2 Å². The van der Waals surface area contributed by atoms with Gasteiger partial charge in [-0.25, -0.2) is 9.78 Å². The first kappa shape index (κ1) is 39.6. The van der Waals surface area contributed by atoms with E-state index >= 15 is 0 Å². The van der Waals surface area contributed by atoms with Gasteiger partial charge in [0, 0.05) is 60.7 Å². The van der Waals surface area contributed by atoms with Crippen LogP contribution in [-0.4, -0.2) is 108 Å². The smallest absolute Gasteiger partial charge is 0.324 e. The van der Waals surface area contributed by atoms with Crippen molar-refractivity contribution in [2.45, 2.75) is 114 Å². The summed E-state index contributed by atoms with van der Waals surface area (Å²) in [5.74, 6) is -0.888. The zero-order valence-electron chi connectivity index (χ0n) is 31.2. The molecule has 3 saturated heterocycles. The highest BCUT2D eigenvalue weighted by Crippen LogP contribution is 2.41. The molecule has 3 aliphatic heterocycles. The monoisotopic (exact) mass is 777 g/mol. The van der Waals surface area contributed by atoms with E-state index in [1.54, 1.807) is 43.1 Å². The van der Waals surface area contributed by atoms with Gasteiger partial charge in [0.25, 0.3) is 5.91 Å². The Morgan fingerprint density at radius 3 is 2.41 bits per heavy atom. The fraction of sp³-hybridized carbons (Fsp3) is 0.579. The maximum absolute atomic E-state index is 13.6. The maximum atomic E-state index is 13.6. The summed E-state index contributed by atoms with van der Waals surface area (Å²) in [6.07, 6.45) is 9.63. The molecule has 1 saturated carbocycles. The number of nitrogens with one attached hydrogen (secondary N) is 2. The van der Waals surface area contributed by atoms with Gasteiger partial charge in [0.1, 0.15) is 11.6 Å². The number of carbonyl (C=O) groups excluding carboxylic acids is 5. The van der Waals surface area contributed by atoms with Gasteiger partial charge in [-0.1, -0.05) is 11.6 Å². The highest BCUT2D eigenvalue weighted by molar-refractivity contribution is 7.98. The Bertz CT molecular complexity index is 1800. The Kier molecular flexibility index (Phi) is 12.3. The normalized spacial score (nSPS) is 26.5. The van der Waals surface area contributed by atoms with Crippen molar-refractivity contribution in [2.75, 3.05) is 31.5 Å². The summed E-state index contributed by atoms with van der Waals surface area (Å²) in [7, 11) is 0. The van der Waals surface area contributed by atoms with Crippen molar-refractivity contribution in [3.8, 4) is 6.07 Å². The van der Waals surface area contributed by atoms with E-state index in [0.717, 1.165) is 70.1 Å². The topological polar surface area (TPSA) is 172 Å². The molecule has 16 heteroatoms. The number of piperidine rings is 1. The third-order valence-corrected chi connectivity index (χ3v) is 12.5. The molecule has 4 fully saturated rings. The van der Waals surface area contributed by atoms with Gasteiger partial charge < -0.3 is 15.1 Å². The van der Waals surface area contributed by atoms with Crippen LogP contribution >= 0.6 is 23.5 Å². The summed E-state index contributed by atoms with van der Waals surface area (Å²) in [4.78, 5) is 79.1. The molecule has 0 aromatic carbocycles. The molecule has 3 atom stereocenters.